The minimum atomic E-state index is 0.407. The van der Waals surface area contributed by atoms with Gasteiger partial charge in [0.25, 0.3) is 0 Å². The van der Waals surface area contributed by atoms with Gasteiger partial charge in [-0.3, -0.25) is 0 Å². The van der Waals surface area contributed by atoms with Crippen LogP contribution >= 0.6 is 11.6 Å². The lowest BCUT2D eigenvalue weighted by molar-refractivity contribution is 0.0398. The molecule has 0 atom stereocenters. The van der Waals surface area contributed by atoms with Gasteiger partial charge < -0.3 is 14.8 Å². The van der Waals surface area contributed by atoms with Crippen molar-refractivity contribution in [3.8, 4) is 0 Å². The van der Waals surface area contributed by atoms with Crippen LogP contribution in [0.5, 0.6) is 0 Å². The second kappa shape index (κ2) is 8.28. The Kier molecular flexibility index (Phi) is 6.93. The Hall–Kier alpha value is -0.840. The van der Waals surface area contributed by atoms with Crippen LogP contribution in [0.15, 0.2) is 12.1 Å². The summed E-state index contributed by atoms with van der Waals surface area (Å²) in [6.45, 7) is 4.42. The molecule has 1 N–H and O–H groups in total. The molecule has 0 spiro atoms. The van der Waals surface area contributed by atoms with Crippen molar-refractivity contribution in [2.24, 2.45) is 0 Å². The van der Waals surface area contributed by atoms with Gasteiger partial charge in [-0.15, -0.1) is 0 Å². The molecule has 17 heavy (non-hydrogen) atoms. The van der Waals surface area contributed by atoms with Crippen molar-refractivity contribution in [2.75, 3.05) is 32.2 Å². The summed E-state index contributed by atoms with van der Waals surface area (Å²) in [5.74, 6) is 0.787. The monoisotopic (exact) mass is 258 g/mol. The third-order valence-electron chi connectivity index (χ3n) is 2.13. The SMILES string of the molecule is CCCOCCOCc1nc(NC)ccc1Cl. The standard InChI is InChI=1S/C12H19ClN2O2/c1-3-6-16-7-8-17-9-11-10(13)4-5-12(14-2)15-11/h4-5H,3,6-9H2,1-2H3,(H,14,15). The topological polar surface area (TPSA) is 43.4 Å². The molecule has 0 radical (unpaired) electrons. The molecule has 0 fully saturated rings. The number of anilines is 1. The Labute approximate surface area is 107 Å². The zero-order valence-electron chi connectivity index (χ0n) is 10.3. The van der Waals surface area contributed by atoms with Crippen LogP contribution in [0.2, 0.25) is 5.02 Å². The zero-order chi connectivity index (χ0) is 12.5. The molecule has 0 aliphatic carbocycles. The Bertz CT molecular complexity index is 334. The van der Waals surface area contributed by atoms with Crippen molar-refractivity contribution >= 4 is 17.4 Å². The third kappa shape index (κ3) is 5.35. The van der Waals surface area contributed by atoms with E-state index in [0.29, 0.717) is 24.8 Å². The van der Waals surface area contributed by atoms with E-state index in [9.17, 15) is 0 Å². The van der Waals surface area contributed by atoms with E-state index in [1.165, 1.54) is 0 Å². The zero-order valence-corrected chi connectivity index (χ0v) is 11.1. The minimum absolute atomic E-state index is 0.407. The first kappa shape index (κ1) is 14.2. The molecule has 0 amide bonds. The van der Waals surface area contributed by atoms with Crippen LogP contribution in [0.25, 0.3) is 0 Å². The highest BCUT2D eigenvalue weighted by Gasteiger charge is 2.03. The molecule has 0 aliphatic heterocycles. The van der Waals surface area contributed by atoms with Crippen molar-refractivity contribution in [3.05, 3.63) is 22.8 Å². The van der Waals surface area contributed by atoms with Crippen LogP contribution in [-0.2, 0) is 16.1 Å². The third-order valence-corrected chi connectivity index (χ3v) is 2.48. The predicted octanol–water partition coefficient (Wildman–Crippen LogP) is 2.72. The Morgan fingerprint density at radius 2 is 2.00 bits per heavy atom. The maximum Gasteiger partial charge on any atom is 0.126 e. The summed E-state index contributed by atoms with van der Waals surface area (Å²) >= 11 is 6.01. The van der Waals surface area contributed by atoms with E-state index < -0.39 is 0 Å². The summed E-state index contributed by atoms with van der Waals surface area (Å²) in [5.41, 5.74) is 0.744. The molecule has 1 heterocycles. The Balaban J connectivity index is 2.30. The molecule has 0 saturated heterocycles. The van der Waals surface area contributed by atoms with E-state index in [4.69, 9.17) is 21.1 Å². The highest BCUT2D eigenvalue weighted by Crippen LogP contribution is 2.17. The van der Waals surface area contributed by atoms with E-state index in [1.54, 1.807) is 0 Å². The van der Waals surface area contributed by atoms with E-state index in [0.717, 1.165) is 24.5 Å². The molecule has 0 aliphatic rings. The quantitative estimate of drug-likeness (QED) is 0.728. The Morgan fingerprint density at radius 1 is 1.24 bits per heavy atom. The lowest BCUT2D eigenvalue weighted by Crippen LogP contribution is -2.06. The number of hydrogen-bond acceptors (Lipinski definition) is 4. The van der Waals surface area contributed by atoms with E-state index in [-0.39, 0.29) is 0 Å². The number of ether oxygens (including phenoxy) is 2. The number of nitrogens with zero attached hydrogens (tertiary/aromatic N) is 1. The van der Waals surface area contributed by atoms with Crippen LogP contribution in [-0.4, -0.2) is 31.9 Å². The minimum Gasteiger partial charge on any atom is -0.379 e. The van der Waals surface area contributed by atoms with Crippen molar-refractivity contribution in [3.63, 3.8) is 0 Å². The second-order valence-electron chi connectivity index (χ2n) is 3.54. The molecule has 1 rings (SSSR count). The first-order valence-electron chi connectivity index (χ1n) is 5.76. The van der Waals surface area contributed by atoms with Crippen molar-refractivity contribution < 1.29 is 9.47 Å². The highest BCUT2D eigenvalue weighted by atomic mass is 35.5. The fourth-order valence-electron chi connectivity index (χ4n) is 1.26. The van der Waals surface area contributed by atoms with Gasteiger partial charge >= 0.3 is 0 Å². The lowest BCUT2D eigenvalue weighted by atomic mass is 10.3. The summed E-state index contributed by atoms with van der Waals surface area (Å²) in [6, 6.07) is 3.64. The maximum atomic E-state index is 6.01. The average Bonchev–Trinajstić information content (AvgIpc) is 2.35. The fraction of sp³-hybridized carbons (Fsp3) is 0.583. The van der Waals surface area contributed by atoms with Crippen LogP contribution in [0.3, 0.4) is 0 Å². The normalized spacial score (nSPS) is 10.5. The number of halogens is 1. The molecule has 0 bridgehead atoms. The van der Waals surface area contributed by atoms with E-state index in [2.05, 4.69) is 17.2 Å². The number of aromatic nitrogens is 1. The molecule has 1 aromatic rings. The van der Waals surface area contributed by atoms with E-state index in [1.807, 2.05) is 19.2 Å². The first-order chi connectivity index (χ1) is 8.27. The molecule has 0 aromatic carbocycles. The van der Waals surface area contributed by atoms with E-state index >= 15 is 0 Å². The van der Waals surface area contributed by atoms with Crippen LogP contribution in [0.4, 0.5) is 5.82 Å². The largest absolute Gasteiger partial charge is 0.379 e. The van der Waals surface area contributed by atoms with Crippen LogP contribution in [0, 0.1) is 0 Å². The molecule has 4 nitrogen and oxygen atoms in total. The van der Waals surface area contributed by atoms with Gasteiger partial charge in [0.1, 0.15) is 5.82 Å². The summed E-state index contributed by atoms with van der Waals surface area (Å²) < 4.78 is 10.8. The van der Waals surface area contributed by atoms with Gasteiger partial charge in [-0.1, -0.05) is 18.5 Å². The fourth-order valence-corrected chi connectivity index (χ4v) is 1.42. The maximum absolute atomic E-state index is 6.01. The molecule has 1 aromatic heterocycles. The lowest BCUT2D eigenvalue weighted by Gasteiger charge is -2.07. The van der Waals surface area contributed by atoms with Gasteiger partial charge in [-0.2, -0.15) is 0 Å². The smallest absolute Gasteiger partial charge is 0.126 e. The van der Waals surface area contributed by atoms with Crippen LogP contribution < -0.4 is 5.32 Å². The Morgan fingerprint density at radius 3 is 2.71 bits per heavy atom. The van der Waals surface area contributed by atoms with Crippen molar-refractivity contribution in [2.45, 2.75) is 20.0 Å². The number of pyridine rings is 1. The van der Waals surface area contributed by atoms with Gasteiger partial charge in [0.15, 0.2) is 0 Å². The number of rotatable bonds is 8. The van der Waals surface area contributed by atoms with Crippen molar-refractivity contribution in [1.29, 1.82) is 0 Å². The van der Waals surface area contributed by atoms with Gasteiger partial charge in [0.05, 0.1) is 30.5 Å². The van der Waals surface area contributed by atoms with Gasteiger partial charge in [-0.25, -0.2) is 4.98 Å². The van der Waals surface area contributed by atoms with Crippen molar-refractivity contribution in [1.82, 2.24) is 4.98 Å². The van der Waals surface area contributed by atoms with Gasteiger partial charge in [0.2, 0.25) is 0 Å². The highest BCUT2D eigenvalue weighted by molar-refractivity contribution is 6.31. The van der Waals surface area contributed by atoms with Crippen LogP contribution in [0.1, 0.15) is 19.0 Å². The predicted molar refractivity (Wildman–Crippen MR) is 69.6 cm³/mol. The number of hydrogen-bond donors (Lipinski definition) is 1. The average molecular weight is 259 g/mol. The molecule has 96 valence electrons. The summed E-state index contributed by atoms with van der Waals surface area (Å²) in [4.78, 5) is 4.32. The molecular weight excluding hydrogens is 240 g/mol. The summed E-state index contributed by atoms with van der Waals surface area (Å²) in [7, 11) is 1.82. The second-order valence-corrected chi connectivity index (χ2v) is 3.95. The number of nitrogens with one attached hydrogen (secondary N) is 1. The van der Waals surface area contributed by atoms with Gasteiger partial charge in [0, 0.05) is 13.7 Å². The molecule has 0 unspecified atom stereocenters. The molecular formula is C12H19ClN2O2. The molecule has 5 heteroatoms. The van der Waals surface area contributed by atoms with Gasteiger partial charge in [-0.05, 0) is 18.6 Å². The first-order valence-corrected chi connectivity index (χ1v) is 6.14. The summed E-state index contributed by atoms with van der Waals surface area (Å²) in [5, 5.41) is 3.59. The molecule has 0 saturated carbocycles. The summed E-state index contributed by atoms with van der Waals surface area (Å²) in [6.07, 6.45) is 1.03.